The number of amides is 2. The zero-order chi connectivity index (χ0) is 42.0. The molecule has 56 heavy (non-hydrogen) atoms. The van der Waals surface area contributed by atoms with Crippen molar-refractivity contribution in [1.29, 1.82) is 0 Å². The average Bonchev–Trinajstić information content (AvgIpc) is 3.55. The molecule has 2 heterocycles. The molecule has 0 saturated heterocycles. The summed E-state index contributed by atoms with van der Waals surface area (Å²) in [7, 11) is -1.85. The summed E-state index contributed by atoms with van der Waals surface area (Å²) in [5, 5.41) is 15.2. The van der Waals surface area contributed by atoms with E-state index in [1.807, 2.05) is 45.9 Å². The number of ether oxygens (including phenoxy) is 3. The number of aromatic nitrogens is 3. The number of carbonyl (C=O) groups excluding carboxylic acids is 2. The fourth-order valence-electron chi connectivity index (χ4n) is 5.32. The minimum atomic E-state index is -3.52. The van der Waals surface area contributed by atoms with Crippen LogP contribution in [0.1, 0.15) is 87.3 Å². The van der Waals surface area contributed by atoms with Crippen LogP contribution in [0.25, 0.3) is 34.0 Å². The zero-order valence-electron chi connectivity index (χ0n) is 34.6. The van der Waals surface area contributed by atoms with Gasteiger partial charge in [0.25, 0.3) is 5.91 Å². The molecule has 0 fully saturated rings. The third kappa shape index (κ3) is 11.4. The van der Waals surface area contributed by atoms with Gasteiger partial charge in [-0.1, -0.05) is 35.5 Å². The highest BCUT2D eigenvalue weighted by Crippen LogP contribution is 2.35. The second-order valence-corrected chi connectivity index (χ2v) is 19.3. The van der Waals surface area contributed by atoms with E-state index < -0.39 is 56.9 Å². The molecule has 14 nitrogen and oxygen atoms in total. The molecule has 0 bridgehead atoms. The van der Waals surface area contributed by atoms with E-state index in [9.17, 15) is 23.1 Å². The van der Waals surface area contributed by atoms with Crippen molar-refractivity contribution < 1.29 is 41.8 Å². The number of rotatable bonds is 12. The Hall–Kier alpha value is -4.70. The summed E-state index contributed by atoms with van der Waals surface area (Å²) in [6.07, 6.45) is -0.832. The Morgan fingerprint density at radius 2 is 1.54 bits per heavy atom. The fourth-order valence-corrected chi connectivity index (χ4v) is 6.38. The van der Waals surface area contributed by atoms with E-state index in [1.165, 1.54) is 23.2 Å². The molecule has 0 aliphatic rings. The average molecular weight is 794 g/mol. The first kappa shape index (κ1) is 44.0. The molecule has 0 saturated carbocycles. The van der Waals surface area contributed by atoms with E-state index in [0.29, 0.717) is 23.5 Å². The van der Waals surface area contributed by atoms with Crippen LogP contribution in [0.2, 0.25) is 0 Å². The summed E-state index contributed by atoms with van der Waals surface area (Å²) < 4.78 is 48.6. The first-order chi connectivity index (χ1) is 25.8. The minimum absolute atomic E-state index is 0.0501. The molecule has 0 spiro atoms. The van der Waals surface area contributed by atoms with Crippen LogP contribution in [0.3, 0.4) is 0 Å². The van der Waals surface area contributed by atoms with Crippen LogP contribution in [0.5, 0.6) is 0 Å². The maximum atomic E-state index is 13.9. The van der Waals surface area contributed by atoms with Crippen LogP contribution in [-0.2, 0) is 35.4 Å². The Morgan fingerprint density at radius 3 is 2.09 bits per heavy atom. The molecular formula is C41H55N5O9S. The van der Waals surface area contributed by atoms with Gasteiger partial charge in [-0.15, -0.1) is 0 Å². The van der Waals surface area contributed by atoms with Crippen molar-refractivity contribution in [1.82, 2.24) is 20.0 Å². The Balaban J connectivity index is 1.82. The lowest BCUT2D eigenvalue weighted by molar-refractivity contribution is -0.173. The topological polar surface area (TPSA) is 174 Å². The van der Waals surface area contributed by atoms with E-state index in [0.717, 1.165) is 21.6 Å². The highest BCUT2D eigenvalue weighted by molar-refractivity contribution is 7.92. The summed E-state index contributed by atoms with van der Waals surface area (Å²) in [6, 6.07) is 13.6. The summed E-state index contributed by atoms with van der Waals surface area (Å²) in [5.41, 5.74) is 1.65. The van der Waals surface area contributed by atoms with Crippen LogP contribution < -0.4 is 4.90 Å². The molecule has 4 rings (SSSR count). The normalized spacial score (nSPS) is 13.1. The van der Waals surface area contributed by atoms with Crippen LogP contribution in [0.15, 0.2) is 64.1 Å². The van der Waals surface area contributed by atoms with Crippen molar-refractivity contribution in [2.45, 2.75) is 123 Å². The Bertz CT molecular complexity index is 2130. The monoisotopic (exact) mass is 793 g/mol. The number of benzene rings is 2. The predicted molar refractivity (Wildman–Crippen MR) is 213 cm³/mol. The van der Waals surface area contributed by atoms with Gasteiger partial charge in [0, 0.05) is 30.8 Å². The zero-order valence-corrected chi connectivity index (χ0v) is 35.4. The third-order valence-corrected chi connectivity index (χ3v) is 10.3. The highest BCUT2D eigenvalue weighted by atomic mass is 32.2. The van der Waals surface area contributed by atoms with Crippen LogP contribution in [0.4, 0.5) is 10.6 Å². The smallest absolute Gasteiger partial charge is 0.410 e. The summed E-state index contributed by atoms with van der Waals surface area (Å²) >= 11 is 0. The molecule has 304 valence electrons. The van der Waals surface area contributed by atoms with Crippen LogP contribution >= 0.6 is 0 Å². The van der Waals surface area contributed by atoms with Gasteiger partial charge in [-0.05, 0) is 106 Å². The van der Waals surface area contributed by atoms with Crippen molar-refractivity contribution in [3.8, 4) is 34.0 Å². The Kier molecular flexibility index (Phi) is 13.2. The molecule has 0 aliphatic carbocycles. The number of aryl methyl sites for hydroxylation is 1. The van der Waals surface area contributed by atoms with Crippen molar-refractivity contribution in [3.63, 3.8) is 0 Å². The summed E-state index contributed by atoms with van der Waals surface area (Å²) in [5.74, 6) is -0.633. The van der Waals surface area contributed by atoms with Gasteiger partial charge in [0.1, 0.15) is 17.9 Å². The Labute approximate surface area is 330 Å². The molecule has 2 aromatic carbocycles. The number of nitrogens with zero attached hydrogens (tertiary/aromatic N) is 5. The maximum absolute atomic E-state index is 13.9. The second-order valence-electron chi connectivity index (χ2n) is 16.8. The maximum Gasteiger partial charge on any atom is 0.410 e. The number of aliphatic hydroxyl groups is 1. The highest BCUT2D eigenvalue weighted by Gasteiger charge is 2.34. The molecule has 1 N–H and O–H groups in total. The van der Waals surface area contributed by atoms with Crippen LogP contribution in [-0.4, -0.2) is 87.7 Å². The van der Waals surface area contributed by atoms with Crippen molar-refractivity contribution >= 4 is 27.7 Å². The van der Waals surface area contributed by atoms with E-state index in [2.05, 4.69) is 10.1 Å². The second kappa shape index (κ2) is 16.8. The van der Waals surface area contributed by atoms with Crippen molar-refractivity contribution in [2.75, 3.05) is 18.6 Å². The summed E-state index contributed by atoms with van der Waals surface area (Å²) in [4.78, 5) is 38.6. The molecule has 1 atom stereocenters. The molecule has 2 amide bonds. The van der Waals surface area contributed by atoms with Crippen molar-refractivity contribution in [2.24, 2.45) is 0 Å². The third-order valence-electron chi connectivity index (χ3n) is 8.09. The fraction of sp³-hybridized carbons (Fsp3) is 0.488. The number of anilines is 1. The van der Waals surface area contributed by atoms with Gasteiger partial charge in [0.15, 0.2) is 27.1 Å². The molecule has 0 aliphatic heterocycles. The number of hydrogen-bond donors (Lipinski definition) is 1. The quantitative estimate of drug-likeness (QED) is 0.140. The lowest BCUT2D eigenvalue weighted by atomic mass is 10.0. The van der Waals surface area contributed by atoms with Gasteiger partial charge >= 0.3 is 6.09 Å². The minimum Gasteiger partial charge on any atom is -0.444 e. The Morgan fingerprint density at radius 1 is 0.893 bits per heavy atom. The molecule has 1 unspecified atom stereocenters. The molecule has 15 heteroatoms. The standard InChI is InChI=1S/C41H55N5O9S/c1-25(2)56(50,51)29-17-15-28(16-18-29)32-22-42-36(46(38(49)54-41(10,11)12)34(47)24-52-39(4,5)6)35(43-32)33-21-31(44-55-33)30-19-14-27(20-26(30)3)23-45(13)37(48)53-40(7,8)9/h14-22,25,38,49H,23-24H2,1-13H3. The van der Waals surface area contributed by atoms with Gasteiger partial charge in [-0.3, -0.25) is 4.79 Å². The molecule has 0 radical (unpaired) electrons. The predicted octanol–water partition coefficient (Wildman–Crippen LogP) is 7.56. The number of carbonyl (C=O) groups is 2. The van der Waals surface area contributed by atoms with Gasteiger partial charge in [-0.2, -0.15) is 0 Å². The van der Waals surface area contributed by atoms with E-state index in [4.69, 9.17) is 23.7 Å². The van der Waals surface area contributed by atoms with Crippen molar-refractivity contribution in [3.05, 3.63) is 65.9 Å². The number of sulfone groups is 1. The van der Waals surface area contributed by atoms with E-state index in [-0.39, 0.29) is 22.2 Å². The molecule has 2 aromatic heterocycles. The van der Waals surface area contributed by atoms with E-state index in [1.54, 1.807) is 80.6 Å². The summed E-state index contributed by atoms with van der Waals surface area (Å²) in [6.45, 7) is 21.1. The molecular weight excluding hydrogens is 739 g/mol. The first-order valence-electron chi connectivity index (χ1n) is 18.3. The SMILES string of the molecule is Cc1cc(CN(C)C(=O)OC(C)(C)C)ccc1-c1cc(-c2nc(-c3ccc(S(=O)(=O)C(C)C)cc3)cnc2N(C(=O)COC(C)(C)C)C(O)OC(C)(C)C)on1. The molecule has 4 aromatic rings. The van der Waals surface area contributed by atoms with Gasteiger partial charge < -0.3 is 28.7 Å². The largest absolute Gasteiger partial charge is 0.444 e. The number of hydrogen-bond acceptors (Lipinski definition) is 12. The first-order valence-corrected chi connectivity index (χ1v) is 19.8. The lowest BCUT2D eigenvalue weighted by Gasteiger charge is -2.33. The number of aliphatic hydroxyl groups excluding tert-OH is 1. The lowest BCUT2D eigenvalue weighted by Crippen LogP contribution is -2.48. The van der Waals surface area contributed by atoms with Crippen LogP contribution in [0, 0.1) is 6.92 Å². The van der Waals surface area contributed by atoms with Gasteiger partial charge in [0.2, 0.25) is 6.41 Å². The van der Waals surface area contributed by atoms with E-state index >= 15 is 0 Å². The van der Waals surface area contributed by atoms with Gasteiger partial charge in [0.05, 0.1) is 33.2 Å². The van der Waals surface area contributed by atoms with Gasteiger partial charge in [-0.25, -0.2) is 28.1 Å².